The second-order valence-corrected chi connectivity index (χ2v) is 10.3. The van der Waals surface area contributed by atoms with Crippen LogP contribution in [0.5, 0.6) is 0 Å². The van der Waals surface area contributed by atoms with Gasteiger partial charge in [0.2, 0.25) is 0 Å². The van der Waals surface area contributed by atoms with Crippen LogP contribution in [0.4, 0.5) is 0 Å². The van der Waals surface area contributed by atoms with Crippen molar-refractivity contribution in [2.24, 2.45) is 0 Å². The summed E-state index contributed by atoms with van der Waals surface area (Å²) in [6.07, 6.45) is 5.64. The fourth-order valence-corrected chi connectivity index (χ4v) is 4.39. The smallest absolute Gasteiger partial charge is 0.329 e. The van der Waals surface area contributed by atoms with Gasteiger partial charge in [0.05, 0.1) is 15.2 Å². The molecule has 0 N–H and O–H groups in total. The number of methoxy groups -OCH3 is 1. The van der Waals surface area contributed by atoms with Crippen LogP contribution < -0.4 is 0 Å². The molecule has 1 fully saturated rings. The van der Waals surface area contributed by atoms with E-state index in [4.69, 9.17) is 0 Å². The highest BCUT2D eigenvalue weighted by molar-refractivity contribution is 6.78. The van der Waals surface area contributed by atoms with Crippen LogP contribution in [0.25, 0.3) is 0 Å². The van der Waals surface area contributed by atoms with E-state index in [9.17, 15) is 4.79 Å². The van der Waals surface area contributed by atoms with Gasteiger partial charge in [-0.05, 0) is 5.54 Å². The molecular formula is C12H24O2Si. The molecule has 0 aromatic heterocycles. The van der Waals surface area contributed by atoms with Crippen molar-refractivity contribution in [2.45, 2.75) is 50.9 Å². The highest BCUT2D eigenvalue weighted by Gasteiger charge is 2.30. The Morgan fingerprint density at radius 1 is 1.47 bits per heavy atom. The quantitative estimate of drug-likeness (QED) is 0.389. The van der Waals surface area contributed by atoms with Gasteiger partial charge in [-0.1, -0.05) is 51.9 Å². The van der Waals surface area contributed by atoms with E-state index >= 15 is 0 Å². The Kier molecular flexibility index (Phi) is 6.57. The van der Waals surface area contributed by atoms with Crippen LogP contribution in [-0.4, -0.2) is 21.2 Å². The Balaban J connectivity index is 0.000000288. The van der Waals surface area contributed by atoms with Crippen molar-refractivity contribution < 1.29 is 9.53 Å². The molecule has 3 heteroatoms. The molecule has 0 aromatic rings. The third kappa shape index (κ3) is 5.77. The first-order chi connectivity index (χ1) is 6.94. The minimum absolute atomic E-state index is 0.394. The molecule has 1 saturated heterocycles. The standard InChI is InChI=1S/C8H18Si.C4H6O2/c1-8-6-4-5-7-9(8,2)3;1-3-4(5)6-2/h8H,4-7H2,1-3H3;3H,1H2,2H3. The van der Waals surface area contributed by atoms with Crippen LogP contribution in [0.3, 0.4) is 0 Å². The number of rotatable bonds is 1. The Morgan fingerprint density at radius 2 is 2.07 bits per heavy atom. The predicted octanol–water partition coefficient (Wildman–Crippen LogP) is 3.61. The number of carbonyl (C=O) groups is 1. The first-order valence-corrected chi connectivity index (χ1v) is 8.93. The fraction of sp³-hybridized carbons (Fsp3) is 0.750. The number of carbonyl (C=O) groups excluding carboxylic acids is 1. The van der Waals surface area contributed by atoms with E-state index in [0.29, 0.717) is 0 Å². The molecule has 0 radical (unpaired) electrons. The summed E-state index contributed by atoms with van der Waals surface area (Å²) in [6, 6.07) is 1.58. The van der Waals surface area contributed by atoms with E-state index in [2.05, 4.69) is 31.3 Å². The molecule has 1 rings (SSSR count). The zero-order valence-electron chi connectivity index (χ0n) is 10.5. The van der Waals surface area contributed by atoms with Crippen molar-refractivity contribution in [2.75, 3.05) is 7.11 Å². The summed E-state index contributed by atoms with van der Waals surface area (Å²) < 4.78 is 4.14. The number of hydrogen-bond acceptors (Lipinski definition) is 2. The van der Waals surface area contributed by atoms with Crippen molar-refractivity contribution in [3.8, 4) is 0 Å². The monoisotopic (exact) mass is 228 g/mol. The molecule has 0 spiro atoms. The summed E-state index contributed by atoms with van der Waals surface area (Å²) in [5.74, 6) is -0.394. The fourth-order valence-electron chi connectivity index (χ4n) is 1.75. The summed E-state index contributed by atoms with van der Waals surface area (Å²) in [5.41, 5.74) is 1.09. The first kappa shape index (κ1) is 14.4. The molecule has 88 valence electrons. The lowest BCUT2D eigenvalue weighted by Crippen LogP contribution is -2.33. The minimum Gasteiger partial charge on any atom is -0.466 e. The molecule has 0 bridgehead atoms. The molecule has 0 amide bonds. The Morgan fingerprint density at radius 3 is 2.27 bits per heavy atom. The van der Waals surface area contributed by atoms with Crippen LogP contribution in [0.2, 0.25) is 24.7 Å². The lowest BCUT2D eigenvalue weighted by Gasteiger charge is -2.34. The van der Waals surface area contributed by atoms with Gasteiger partial charge in [0.25, 0.3) is 0 Å². The van der Waals surface area contributed by atoms with Crippen LogP contribution in [0.15, 0.2) is 12.7 Å². The van der Waals surface area contributed by atoms with Crippen molar-refractivity contribution in [1.29, 1.82) is 0 Å². The maximum absolute atomic E-state index is 9.84. The molecule has 1 aliphatic rings. The van der Waals surface area contributed by atoms with Gasteiger partial charge in [-0.15, -0.1) is 0 Å². The molecule has 1 aliphatic heterocycles. The molecular weight excluding hydrogens is 204 g/mol. The molecule has 1 heterocycles. The Labute approximate surface area is 94.7 Å². The van der Waals surface area contributed by atoms with E-state index in [1.54, 1.807) is 6.04 Å². The SMILES string of the molecule is C=CC(=O)OC.CC1CCCC[Si]1(C)C. The second-order valence-electron chi connectivity index (χ2n) is 4.86. The summed E-state index contributed by atoms with van der Waals surface area (Å²) in [4.78, 5) is 9.84. The summed E-state index contributed by atoms with van der Waals surface area (Å²) in [7, 11) is 0.616. The molecule has 2 nitrogen and oxygen atoms in total. The second kappa shape index (κ2) is 6.83. The van der Waals surface area contributed by atoms with Crippen LogP contribution in [-0.2, 0) is 9.53 Å². The number of esters is 1. The van der Waals surface area contributed by atoms with Gasteiger partial charge >= 0.3 is 5.97 Å². The predicted molar refractivity (Wildman–Crippen MR) is 67.8 cm³/mol. The van der Waals surface area contributed by atoms with Crippen molar-refractivity contribution >= 4 is 14.0 Å². The van der Waals surface area contributed by atoms with Gasteiger partial charge in [-0.25, -0.2) is 4.79 Å². The van der Waals surface area contributed by atoms with E-state index < -0.39 is 14.0 Å². The summed E-state index contributed by atoms with van der Waals surface area (Å²) >= 11 is 0. The van der Waals surface area contributed by atoms with E-state index in [1.807, 2.05) is 0 Å². The molecule has 1 atom stereocenters. The molecule has 15 heavy (non-hydrogen) atoms. The zero-order valence-corrected chi connectivity index (χ0v) is 11.5. The van der Waals surface area contributed by atoms with Crippen molar-refractivity contribution in [3.05, 3.63) is 12.7 Å². The van der Waals surface area contributed by atoms with Gasteiger partial charge in [-0.3, -0.25) is 0 Å². The van der Waals surface area contributed by atoms with Gasteiger partial charge < -0.3 is 4.74 Å². The van der Waals surface area contributed by atoms with E-state index in [-0.39, 0.29) is 0 Å². The lowest BCUT2D eigenvalue weighted by atomic mass is 10.2. The molecule has 0 aliphatic carbocycles. The zero-order chi connectivity index (χ0) is 11.9. The summed E-state index contributed by atoms with van der Waals surface area (Å²) in [6.45, 7) is 10.7. The Hall–Kier alpha value is -0.573. The van der Waals surface area contributed by atoms with Crippen LogP contribution >= 0.6 is 0 Å². The van der Waals surface area contributed by atoms with Gasteiger partial charge in [0.15, 0.2) is 0 Å². The molecule has 0 aromatic carbocycles. The Bertz CT molecular complexity index is 212. The van der Waals surface area contributed by atoms with Gasteiger partial charge in [0.1, 0.15) is 0 Å². The van der Waals surface area contributed by atoms with Crippen LogP contribution in [0.1, 0.15) is 26.2 Å². The lowest BCUT2D eigenvalue weighted by molar-refractivity contribution is -0.134. The van der Waals surface area contributed by atoms with Crippen molar-refractivity contribution in [1.82, 2.24) is 0 Å². The van der Waals surface area contributed by atoms with Crippen molar-refractivity contribution in [3.63, 3.8) is 0 Å². The average Bonchev–Trinajstić information content (AvgIpc) is 2.22. The van der Waals surface area contributed by atoms with Crippen LogP contribution in [0, 0.1) is 0 Å². The number of ether oxygens (including phenoxy) is 1. The largest absolute Gasteiger partial charge is 0.466 e. The number of hydrogen-bond donors (Lipinski definition) is 0. The highest BCUT2D eigenvalue weighted by atomic mass is 28.3. The van der Waals surface area contributed by atoms with E-state index in [0.717, 1.165) is 11.6 Å². The van der Waals surface area contributed by atoms with E-state index in [1.165, 1.54) is 26.4 Å². The topological polar surface area (TPSA) is 26.3 Å². The molecule has 1 unspecified atom stereocenters. The maximum Gasteiger partial charge on any atom is 0.329 e. The summed E-state index contributed by atoms with van der Waals surface area (Å²) in [5, 5.41) is 0. The van der Waals surface area contributed by atoms with Gasteiger partial charge in [-0.2, -0.15) is 0 Å². The third-order valence-corrected chi connectivity index (χ3v) is 8.01. The normalized spacial score (nSPS) is 23.3. The first-order valence-electron chi connectivity index (χ1n) is 5.64. The molecule has 0 saturated carbocycles. The average molecular weight is 228 g/mol. The minimum atomic E-state index is -0.694. The van der Waals surface area contributed by atoms with Gasteiger partial charge in [0, 0.05) is 6.08 Å². The maximum atomic E-state index is 9.84. The third-order valence-electron chi connectivity index (χ3n) is 3.41. The highest BCUT2D eigenvalue weighted by Crippen LogP contribution is 2.36.